The maximum atomic E-state index is 13.6. The van der Waals surface area contributed by atoms with E-state index in [1.807, 2.05) is 0 Å². The van der Waals surface area contributed by atoms with E-state index in [1.54, 1.807) is 0 Å². The fourth-order valence-electron chi connectivity index (χ4n) is 1.70. The molecule has 0 heterocycles. The molecule has 0 amide bonds. The number of carboxylic acids is 1. The molecule has 122 valence electrons. The van der Waals surface area contributed by atoms with Crippen LogP contribution < -0.4 is 9.46 Å². The molecule has 0 unspecified atom stereocenters. The van der Waals surface area contributed by atoms with Crippen molar-refractivity contribution in [2.24, 2.45) is 0 Å². The zero-order chi connectivity index (χ0) is 17.2. The summed E-state index contributed by atoms with van der Waals surface area (Å²) in [6.07, 6.45) is 0.889. The minimum Gasteiger partial charge on any atom is -0.478 e. The Bertz CT molecular complexity index is 867. The monoisotopic (exact) mass is 343 g/mol. The second kappa shape index (κ2) is 6.21. The summed E-state index contributed by atoms with van der Waals surface area (Å²) in [4.78, 5) is 11.0. The fourth-order valence-corrected chi connectivity index (χ4v) is 2.27. The van der Waals surface area contributed by atoms with Gasteiger partial charge in [0.25, 0.3) is 0 Å². The third kappa shape index (κ3) is 4.39. The molecule has 23 heavy (non-hydrogen) atoms. The summed E-state index contributed by atoms with van der Waals surface area (Å²) >= 11 is 0. The Labute approximate surface area is 130 Å². The van der Waals surface area contributed by atoms with Crippen LogP contribution in [0.15, 0.2) is 36.4 Å². The number of sulfonamides is 1. The first-order valence-electron chi connectivity index (χ1n) is 6.14. The quantitative estimate of drug-likeness (QED) is 0.871. The average molecular weight is 343 g/mol. The summed E-state index contributed by atoms with van der Waals surface area (Å²) in [5.41, 5.74) is -0.275. The zero-order valence-electron chi connectivity index (χ0n) is 11.7. The van der Waals surface area contributed by atoms with Crippen molar-refractivity contribution >= 4 is 21.7 Å². The van der Waals surface area contributed by atoms with E-state index in [2.05, 4.69) is 4.72 Å². The van der Waals surface area contributed by atoms with Crippen LogP contribution in [-0.4, -0.2) is 25.7 Å². The number of nitrogens with one attached hydrogen (secondary N) is 1. The van der Waals surface area contributed by atoms with Gasteiger partial charge in [-0.1, -0.05) is 0 Å². The van der Waals surface area contributed by atoms with E-state index < -0.39 is 27.6 Å². The third-order valence-corrected chi connectivity index (χ3v) is 3.23. The average Bonchev–Trinajstić information content (AvgIpc) is 2.41. The molecule has 0 spiro atoms. The number of carbonyl (C=O) groups is 1. The van der Waals surface area contributed by atoms with Gasteiger partial charge >= 0.3 is 5.97 Å². The lowest BCUT2D eigenvalue weighted by molar-refractivity contribution is 0.0696. The first kappa shape index (κ1) is 16.7. The second-order valence-electron chi connectivity index (χ2n) is 4.57. The zero-order valence-corrected chi connectivity index (χ0v) is 12.5. The molecule has 9 heteroatoms. The molecule has 0 fully saturated rings. The van der Waals surface area contributed by atoms with Crippen LogP contribution in [0.2, 0.25) is 0 Å². The van der Waals surface area contributed by atoms with Crippen LogP contribution in [0.4, 0.5) is 14.5 Å². The number of anilines is 1. The fraction of sp³-hybridized carbons (Fsp3) is 0.0714. The van der Waals surface area contributed by atoms with Crippen molar-refractivity contribution in [3.8, 4) is 11.5 Å². The Kier molecular flexibility index (Phi) is 4.50. The number of hydrogen-bond acceptors (Lipinski definition) is 4. The summed E-state index contributed by atoms with van der Waals surface area (Å²) in [5, 5.41) is 8.97. The number of aromatic carboxylic acids is 1. The van der Waals surface area contributed by atoms with E-state index in [-0.39, 0.29) is 22.7 Å². The summed E-state index contributed by atoms with van der Waals surface area (Å²) in [5.74, 6) is -3.73. The van der Waals surface area contributed by atoms with Gasteiger partial charge in [0.2, 0.25) is 10.0 Å². The van der Waals surface area contributed by atoms with Crippen LogP contribution in [0.25, 0.3) is 0 Å². The van der Waals surface area contributed by atoms with Crippen LogP contribution >= 0.6 is 0 Å². The first-order chi connectivity index (χ1) is 10.7. The molecule has 0 radical (unpaired) electrons. The van der Waals surface area contributed by atoms with Crippen molar-refractivity contribution < 1.29 is 31.8 Å². The molecule has 0 saturated carbocycles. The molecule has 2 N–H and O–H groups in total. The smallest absolute Gasteiger partial charge is 0.335 e. The molecule has 0 aromatic heterocycles. The van der Waals surface area contributed by atoms with Crippen molar-refractivity contribution in [3.63, 3.8) is 0 Å². The standard InChI is InChI=1S/C14H11F2NO5S/c1-23(20,21)17-11-4-2-8(14(18)19)6-13(11)22-12-5-3-9(15)7-10(12)16/h2-7,17H,1H3,(H,18,19). The number of ether oxygens (including phenoxy) is 1. The lowest BCUT2D eigenvalue weighted by Gasteiger charge is -2.13. The van der Waals surface area contributed by atoms with Gasteiger partial charge in [0.15, 0.2) is 17.3 Å². The van der Waals surface area contributed by atoms with Crippen LogP contribution in [0.5, 0.6) is 11.5 Å². The summed E-state index contributed by atoms with van der Waals surface area (Å²) < 4.78 is 56.5. The molecule has 2 rings (SSSR count). The number of halogens is 2. The maximum Gasteiger partial charge on any atom is 0.335 e. The molecule has 0 saturated heterocycles. The van der Waals surface area contributed by atoms with Crippen LogP contribution in [0.1, 0.15) is 10.4 Å². The van der Waals surface area contributed by atoms with E-state index in [9.17, 15) is 22.0 Å². The number of rotatable bonds is 5. The predicted octanol–water partition coefficient (Wildman–Crippen LogP) is 2.83. The van der Waals surface area contributed by atoms with E-state index in [1.165, 1.54) is 6.07 Å². The van der Waals surface area contributed by atoms with Crippen LogP contribution in [-0.2, 0) is 10.0 Å². The maximum absolute atomic E-state index is 13.6. The molecule has 2 aromatic rings. The van der Waals surface area contributed by atoms with Crippen LogP contribution in [0, 0.1) is 11.6 Å². The number of benzene rings is 2. The van der Waals surface area contributed by atoms with E-state index in [0.717, 1.165) is 30.5 Å². The van der Waals surface area contributed by atoms with E-state index in [0.29, 0.717) is 6.07 Å². The van der Waals surface area contributed by atoms with Crippen molar-refractivity contribution in [2.75, 3.05) is 11.0 Å². The van der Waals surface area contributed by atoms with E-state index in [4.69, 9.17) is 9.84 Å². The SMILES string of the molecule is CS(=O)(=O)Nc1ccc(C(=O)O)cc1Oc1ccc(F)cc1F. The Hall–Kier alpha value is -2.68. The molecular formula is C14H11F2NO5S. The van der Waals surface area contributed by atoms with Gasteiger partial charge in [-0.2, -0.15) is 0 Å². The highest BCUT2D eigenvalue weighted by Crippen LogP contribution is 2.32. The predicted molar refractivity (Wildman–Crippen MR) is 78.3 cm³/mol. The number of hydrogen-bond donors (Lipinski definition) is 2. The lowest BCUT2D eigenvalue weighted by Crippen LogP contribution is -2.11. The Balaban J connectivity index is 2.48. The molecule has 2 aromatic carbocycles. The Morgan fingerprint density at radius 2 is 1.83 bits per heavy atom. The number of carboxylic acid groups (broad SMARTS) is 1. The minimum absolute atomic E-state index is 0.0822. The highest BCUT2D eigenvalue weighted by atomic mass is 32.2. The molecule has 0 bridgehead atoms. The molecule has 6 nitrogen and oxygen atoms in total. The highest BCUT2D eigenvalue weighted by Gasteiger charge is 2.15. The van der Waals surface area contributed by atoms with Gasteiger partial charge in [-0.3, -0.25) is 4.72 Å². The highest BCUT2D eigenvalue weighted by molar-refractivity contribution is 7.92. The van der Waals surface area contributed by atoms with Crippen LogP contribution in [0.3, 0.4) is 0 Å². The first-order valence-corrected chi connectivity index (χ1v) is 8.03. The van der Waals surface area contributed by atoms with Crippen molar-refractivity contribution in [3.05, 3.63) is 53.6 Å². The molecule has 0 aliphatic carbocycles. The summed E-state index contributed by atoms with van der Waals surface area (Å²) in [6, 6.07) is 5.88. The minimum atomic E-state index is -3.67. The summed E-state index contributed by atoms with van der Waals surface area (Å²) in [7, 11) is -3.67. The lowest BCUT2D eigenvalue weighted by atomic mass is 10.2. The topological polar surface area (TPSA) is 92.7 Å². The van der Waals surface area contributed by atoms with Gasteiger partial charge in [0.1, 0.15) is 5.82 Å². The normalized spacial score (nSPS) is 11.1. The van der Waals surface area contributed by atoms with Gasteiger partial charge in [-0.15, -0.1) is 0 Å². The van der Waals surface area contributed by atoms with Gasteiger partial charge in [0, 0.05) is 6.07 Å². The Morgan fingerprint density at radius 3 is 2.39 bits per heavy atom. The second-order valence-corrected chi connectivity index (χ2v) is 6.32. The largest absolute Gasteiger partial charge is 0.478 e. The molecule has 0 atom stereocenters. The van der Waals surface area contributed by atoms with Gasteiger partial charge in [-0.25, -0.2) is 22.0 Å². The third-order valence-electron chi connectivity index (χ3n) is 2.64. The molecular weight excluding hydrogens is 332 g/mol. The van der Waals surface area contributed by atoms with Gasteiger partial charge in [0.05, 0.1) is 17.5 Å². The molecule has 0 aliphatic heterocycles. The van der Waals surface area contributed by atoms with Crippen molar-refractivity contribution in [2.45, 2.75) is 0 Å². The van der Waals surface area contributed by atoms with E-state index >= 15 is 0 Å². The van der Waals surface area contributed by atoms with Crippen molar-refractivity contribution in [1.82, 2.24) is 0 Å². The van der Waals surface area contributed by atoms with Gasteiger partial charge in [-0.05, 0) is 30.3 Å². The molecule has 0 aliphatic rings. The van der Waals surface area contributed by atoms with Gasteiger partial charge < -0.3 is 9.84 Å². The summed E-state index contributed by atoms with van der Waals surface area (Å²) in [6.45, 7) is 0. The Morgan fingerprint density at radius 1 is 1.13 bits per heavy atom. The van der Waals surface area contributed by atoms with Crippen molar-refractivity contribution in [1.29, 1.82) is 0 Å².